The van der Waals surface area contributed by atoms with Gasteiger partial charge in [-0.3, -0.25) is 23.2 Å². The number of nitrogens with zero attached hydrogens (tertiary/aromatic N) is 5. The molecule has 0 radical (unpaired) electrons. The molecule has 2 bridgehead atoms. The average molecular weight is 904 g/mol. The molecule has 7 heterocycles. The number of aromatic nitrogens is 6. The van der Waals surface area contributed by atoms with Gasteiger partial charge in [0, 0.05) is 23.9 Å². The Morgan fingerprint density at radius 1 is 0.950 bits per heavy atom. The molecular weight excluding hydrogens is 857 g/mol. The van der Waals surface area contributed by atoms with Gasteiger partial charge in [-0.1, -0.05) is 45.9 Å². The van der Waals surface area contributed by atoms with Gasteiger partial charge in [-0.25, -0.2) is 19.5 Å². The van der Waals surface area contributed by atoms with Gasteiger partial charge in [0.25, 0.3) is 11.5 Å². The highest BCUT2D eigenvalue weighted by atomic mass is 32.5. The van der Waals surface area contributed by atoms with Gasteiger partial charge in [0.05, 0.1) is 24.0 Å². The maximum atomic E-state index is 13.9. The highest BCUT2D eigenvalue weighted by Crippen LogP contribution is 2.56. The summed E-state index contributed by atoms with van der Waals surface area (Å²) in [7, 11) is -7.57. The Balaban J connectivity index is 1.12. The molecule has 1 amide bonds. The van der Waals surface area contributed by atoms with Crippen LogP contribution >= 0.6 is 14.5 Å². The van der Waals surface area contributed by atoms with E-state index in [1.165, 1.54) is 6.33 Å². The van der Waals surface area contributed by atoms with Crippen molar-refractivity contribution in [3.05, 3.63) is 82.9 Å². The minimum absolute atomic E-state index is 0.266. The van der Waals surface area contributed by atoms with Gasteiger partial charge >= 0.3 is 14.5 Å². The van der Waals surface area contributed by atoms with Crippen molar-refractivity contribution < 1.29 is 51.1 Å². The minimum Gasteiger partial charge on any atom is -0.408 e. The zero-order valence-electron chi connectivity index (χ0n) is 33.8. The van der Waals surface area contributed by atoms with Crippen molar-refractivity contribution in [2.24, 2.45) is 5.92 Å². The van der Waals surface area contributed by atoms with Crippen molar-refractivity contribution in [1.29, 1.82) is 0 Å². The maximum Gasteiger partial charge on any atom is 0.472 e. The van der Waals surface area contributed by atoms with Crippen molar-refractivity contribution in [3.63, 3.8) is 0 Å². The predicted molar refractivity (Wildman–Crippen MR) is 224 cm³/mol. The van der Waals surface area contributed by atoms with Gasteiger partial charge in [0.15, 0.2) is 14.5 Å². The molecule has 0 saturated carbocycles. The first-order chi connectivity index (χ1) is 28.2. The number of amides is 1. The lowest BCUT2D eigenvalue weighted by Gasteiger charge is -2.40. The summed E-state index contributed by atoms with van der Waals surface area (Å²) in [6.45, 7) is 8.42. The molecule has 10 atom stereocenters. The average Bonchev–Trinajstić information content (AvgIpc) is 3.94. The summed E-state index contributed by atoms with van der Waals surface area (Å²) < 4.78 is 61.1. The first-order valence-electron chi connectivity index (χ1n) is 19.3. The van der Waals surface area contributed by atoms with E-state index in [0.29, 0.717) is 22.4 Å². The summed E-state index contributed by atoms with van der Waals surface area (Å²) in [5.41, 5.74) is 0.739. The van der Waals surface area contributed by atoms with Gasteiger partial charge < -0.3 is 47.6 Å². The molecule has 3 saturated heterocycles. The van der Waals surface area contributed by atoms with E-state index in [-0.39, 0.29) is 33.4 Å². The number of carbonyl (C=O) groups is 1. The van der Waals surface area contributed by atoms with Crippen LogP contribution in [-0.4, -0.2) is 96.8 Å². The predicted octanol–water partition coefficient (Wildman–Crippen LogP) is 5.69. The van der Waals surface area contributed by atoms with E-state index < -0.39 is 85.0 Å². The van der Waals surface area contributed by atoms with Gasteiger partial charge in [0.2, 0.25) is 0 Å². The summed E-state index contributed by atoms with van der Waals surface area (Å²) in [6.07, 6.45) is -2.87. The number of H-pyrrole nitrogens is 1. The molecule has 1 aromatic carbocycles. The van der Waals surface area contributed by atoms with Crippen LogP contribution in [0.25, 0.3) is 22.1 Å². The summed E-state index contributed by atoms with van der Waals surface area (Å²) in [5.74, 6) is -0.392. The number of rotatable bonds is 6. The number of anilines is 1. The molecule has 3 fully saturated rings. The Labute approximate surface area is 350 Å². The molecule has 8 rings (SSSR count). The number of hydrogen-bond donors (Lipinski definition) is 4. The van der Waals surface area contributed by atoms with Crippen LogP contribution in [0, 0.1) is 12.8 Å². The number of aryl methyl sites for hydroxylation is 1. The second-order valence-corrected chi connectivity index (χ2v) is 25.6. The zero-order valence-corrected chi connectivity index (χ0v) is 37.4. The Kier molecular flexibility index (Phi) is 11.5. The number of carbonyl (C=O) groups excluding carboxylic acids is 1. The molecule has 60 heavy (non-hydrogen) atoms. The Hall–Kier alpha value is -3.53. The van der Waals surface area contributed by atoms with E-state index in [4.69, 9.17) is 43.8 Å². The lowest BCUT2D eigenvalue weighted by molar-refractivity contribution is -0.0632. The standard InChI is InChI=1S/C37H47N7O12P2SSi/c1-20-27-25(52-35(20)43-15-13-23-30(38-19-39-31(23)43)42-33(45)22-11-9-8-10-12-22)18-51-58(49,59)55-29-28(56-60(6,7)37(3,4)5)26(17-50-57(47,48)54-27)53-36(29)44-16-14-24-32(44)40-21(2)41-34(24)46/h8-16,19-20,25-29,35-36H,17-18H2,1-7H3,(H,47,48)(H,49,59)(H,40,41,46)(H,38,39,42,45)/t20?,25-,26-,27-,28+,29?,35-,36-,58?/m1/s1. The molecule has 3 aliphatic rings. The molecule has 23 heteroatoms. The first kappa shape index (κ1) is 43.1. The molecule has 3 aliphatic heterocycles. The molecule has 4 aromatic heterocycles. The van der Waals surface area contributed by atoms with Crippen molar-refractivity contribution in [1.82, 2.24) is 29.1 Å². The summed E-state index contributed by atoms with van der Waals surface area (Å²) in [6, 6.07) is 12.0. The number of benzene rings is 1. The fourth-order valence-electron chi connectivity index (χ4n) is 7.44. The van der Waals surface area contributed by atoms with Crippen LogP contribution in [-0.2, 0) is 48.4 Å². The number of phosphoric acid groups is 1. The third kappa shape index (κ3) is 8.36. The lowest BCUT2D eigenvalue weighted by Crippen LogP contribution is -2.50. The number of fused-ring (bicyclic) bond motifs is 5. The maximum absolute atomic E-state index is 13.9. The fraction of sp³-hybridized carbons (Fsp3) is 0.486. The number of ether oxygens (including phenoxy) is 2. The molecule has 4 N–H and O–H groups in total. The van der Waals surface area contributed by atoms with Crippen molar-refractivity contribution >= 4 is 68.5 Å². The summed E-state index contributed by atoms with van der Waals surface area (Å²) in [4.78, 5) is 65.0. The minimum atomic E-state index is -4.90. The van der Waals surface area contributed by atoms with E-state index in [1.807, 2.05) is 39.9 Å². The third-order valence-electron chi connectivity index (χ3n) is 11.5. The molecule has 0 aliphatic carbocycles. The summed E-state index contributed by atoms with van der Waals surface area (Å²) in [5, 5.41) is 3.31. The topological polar surface area (TPSA) is 233 Å². The van der Waals surface area contributed by atoms with Crippen molar-refractivity contribution in [3.8, 4) is 0 Å². The van der Waals surface area contributed by atoms with Gasteiger partial charge in [-0.15, -0.1) is 0 Å². The monoisotopic (exact) mass is 903 g/mol. The van der Waals surface area contributed by atoms with Crippen LogP contribution in [0.2, 0.25) is 18.1 Å². The third-order valence-corrected chi connectivity index (χ3v) is 18.5. The summed E-state index contributed by atoms with van der Waals surface area (Å²) >= 11 is 5.65. The van der Waals surface area contributed by atoms with Gasteiger partial charge in [-0.05, 0) is 61.1 Å². The van der Waals surface area contributed by atoms with Crippen LogP contribution in [0.1, 0.15) is 56.3 Å². The second-order valence-electron chi connectivity index (χ2n) is 16.6. The highest BCUT2D eigenvalue weighted by Gasteiger charge is 2.55. The highest BCUT2D eigenvalue weighted by molar-refractivity contribution is 8.07. The van der Waals surface area contributed by atoms with E-state index in [0.717, 1.165) is 0 Å². The molecule has 322 valence electrons. The fourth-order valence-corrected chi connectivity index (χ4v) is 11.2. The van der Waals surface area contributed by atoms with Gasteiger partial charge in [-0.2, -0.15) is 0 Å². The molecule has 5 aromatic rings. The van der Waals surface area contributed by atoms with Crippen LogP contribution < -0.4 is 10.9 Å². The quantitative estimate of drug-likeness (QED) is 0.118. The van der Waals surface area contributed by atoms with Crippen LogP contribution in [0.5, 0.6) is 0 Å². The second kappa shape index (κ2) is 16.0. The van der Waals surface area contributed by atoms with E-state index in [1.54, 1.807) is 71.8 Å². The number of hydrogen-bond acceptors (Lipinski definition) is 14. The Morgan fingerprint density at radius 2 is 1.62 bits per heavy atom. The van der Waals surface area contributed by atoms with E-state index in [2.05, 4.69) is 25.3 Å². The van der Waals surface area contributed by atoms with Crippen molar-refractivity contribution in [2.75, 3.05) is 18.5 Å². The first-order valence-corrected chi connectivity index (χ1v) is 26.3. The van der Waals surface area contributed by atoms with E-state index in [9.17, 15) is 23.9 Å². The molecule has 0 spiro atoms. The van der Waals surface area contributed by atoms with E-state index >= 15 is 0 Å². The Bertz CT molecular complexity index is 2590. The molecule has 4 unspecified atom stereocenters. The lowest BCUT2D eigenvalue weighted by atomic mass is 10.0. The number of phosphoric ester groups is 1. The smallest absolute Gasteiger partial charge is 0.408 e. The number of nitrogens with one attached hydrogen (secondary N) is 2. The Morgan fingerprint density at radius 3 is 2.33 bits per heavy atom. The van der Waals surface area contributed by atoms with Crippen LogP contribution in [0.4, 0.5) is 5.82 Å². The SMILES string of the molecule is Cc1nc2c(ccn2[C@@H]2O[C@@H]3COP(=O)(O)O[C@@H]4C(C)[C@H](n5ccc6c(NC(=O)c7ccccc7)ncnc65)O[C@@H]4COP(O)(=S)OC2[C@H]3O[Si](C)(C)C(C)(C)C)c(=O)[nH]1. The molecule has 19 nitrogen and oxygen atoms in total. The van der Waals surface area contributed by atoms with Crippen LogP contribution in [0.15, 0.2) is 66.0 Å². The largest absolute Gasteiger partial charge is 0.472 e. The van der Waals surface area contributed by atoms with Gasteiger partial charge in [0.1, 0.15) is 66.0 Å². The molecular formula is C37H47N7O12P2SSi. The van der Waals surface area contributed by atoms with Crippen LogP contribution in [0.3, 0.4) is 0 Å². The van der Waals surface area contributed by atoms with Crippen molar-refractivity contribution in [2.45, 2.75) is 95.7 Å². The number of aromatic amines is 1. The normalized spacial score (nSPS) is 31.7. The zero-order chi connectivity index (χ0) is 42.9.